The zero-order valence-corrected chi connectivity index (χ0v) is 5.40. The van der Waals surface area contributed by atoms with Gasteiger partial charge in [0.05, 0.1) is 0 Å². The Bertz CT molecular complexity index is 92.6. The first-order valence-corrected chi connectivity index (χ1v) is 2.61. The van der Waals surface area contributed by atoms with Crippen LogP contribution >= 0.6 is 0 Å². The largest absolute Gasteiger partial charge is 0.291 e. The molecule has 0 aliphatic rings. The van der Waals surface area contributed by atoms with E-state index in [2.05, 4.69) is 6.58 Å². The molecular weight excluding hydrogens is 100 g/mol. The van der Waals surface area contributed by atoms with Crippen molar-refractivity contribution in [2.24, 2.45) is 5.41 Å². The lowest BCUT2D eigenvalue weighted by atomic mass is 9.91. The van der Waals surface area contributed by atoms with Gasteiger partial charge in [0.25, 0.3) is 0 Å². The van der Waals surface area contributed by atoms with Gasteiger partial charge in [0.2, 0.25) is 0 Å². The van der Waals surface area contributed by atoms with Gasteiger partial charge in [-0.05, 0) is 5.41 Å². The Kier molecular flexibility index (Phi) is 2.46. The smallest absolute Gasteiger partial charge is 0.199 e. The second-order valence-electron chi connectivity index (χ2n) is 2.51. The Balaban J connectivity index is 3.70. The molecule has 0 aliphatic carbocycles. The molecule has 0 N–H and O–H groups in total. The standard InChI is InChI=1S/C7H11O/c1-4-7(2,3)5-6-8/h4H,1,5H2,2-3H3. The van der Waals surface area contributed by atoms with Gasteiger partial charge in [0.1, 0.15) is 0 Å². The molecule has 1 radical (unpaired) electrons. The SMILES string of the molecule is C=CC(C)(C)C[C]=O. The third kappa shape index (κ3) is 2.56. The van der Waals surface area contributed by atoms with Crippen LogP contribution in [0.2, 0.25) is 0 Å². The van der Waals surface area contributed by atoms with Crippen LogP contribution in [0.1, 0.15) is 20.3 Å². The van der Waals surface area contributed by atoms with E-state index in [-0.39, 0.29) is 5.41 Å². The maximum atomic E-state index is 9.81. The van der Waals surface area contributed by atoms with E-state index < -0.39 is 0 Å². The fourth-order valence-electron chi connectivity index (χ4n) is 0.258. The fraction of sp³-hybridized carbons (Fsp3) is 0.571. The molecule has 0 heterocycles. The van der Waals surface area contributed by atoms with Crippen LogP contribution in [0.3, 0.4) is 0 Å². The predicted molar refractivity (Wildman–Crippen MR) is 34.3 cm³/mol. The highest BCUT2D eigenvalue weighted by Gasteiger charge is 2.10. The summed E-state index contributed by atoms with van der Waals surface area (Å²) in [6.07, 6.45) is 4.04. The monoisotopic (exact) mass is 111 g/mol. The van der Waals surface area contributed by atoms with Gasteiger partial charge >= 0.3 is 0 Å². The van der Waals surface area contributed by atoms with Gasteiger partial charge in [-0.2, -0.15) is 0 Å². The summed E-state index contributed by atoms with van der Waals surface area (Å²) in [5, 5.41) is 0. The van der Waals surface area contributed by atoms with E-state index in [4.69, 9.17) is 0 Å². The van der Waals surface area contributed by atoms with Crippen LogP contribution in [0.25, 0.3) is 0 Å². The lowest BCUT2D eigenvalue weighted by Crippen LogP contribution is -2.06. The average Bonchev–Trinajstić information content (AvgIpc) is 1.67. The minimum Gasteiger partial charge on any atom is -0.291 e. The third-order valence-corrected chi connectivity index (χ3v) is 1.08. The first-order chi connectivity index (χ1) is 3.62. The molecule has 0 fully saturated rings. The summed E-state index contributed by atoms with van der Waals surface area (Å²) in [7, 11) is 0. The van der Waals surface area contributed by atoms with E-state index in [1.54, 1.807) is 6.08 Å². The Morgan fingerprint density at radius 2 is 2.25 bits per heavy atom. The molecule has 0 aromatic carbocycles. The number of hydrogen-bond donors (Lipinski definition) is 0. The van der Waals surface area contributed by atoms with Crippen molar-refractivity contribution in [3.8, 4) is 0 Å². The van der Waals surface area contributed by atoms with Gasteiger partial charge in [-0.3, -0.25) is 4.79 Å². The van der Waals surface area contributed by atoms with Crippen molar-refractivity contribution >= 4 is 6.29 Å². The van der Waals surface area contributed by atoms with Crippen LogP contribution in [-0.2, 0) is 4.79 Å². The minimum atomic E-state index is -0.0677. The van der Waals surface area contributed by atoms with E-state index in [0.717, 1.165) is 0 Å². The maximum Gasteiger partial charge on any atom is 0.199 e. The van der Waals surface area contributed by atoms with Crippen molar-refractivity contribution in [3.63, 3.8) is 0 Å². The molecule has 0 aromatic rings. The highest BCUT2D eigenvalue weighted by Crippen LogP contribution is 2.18. The van der Waals surface area contributed by atoms with Crippen molar-refractivity contribution in [1.82, 2.24) is 0 Å². The molecular formula is C7H11O. The van der Waals surface area contributed by atoms with Crippen molar-refractivity contribution in [2.75, 3.05) is 0 Å². The highest BCUT2D eigenvalue weighted by molar-refractivity contribution is 5.52. The second-order valence-corrected chi connectivity index (χ2v) is 2.51. The van der Waals surface area contributed by atoms with Crippen LogP contribution in [0.15, 0.2) is 12.7 Å². The Morgan fingerprint density at radius 1 is 1.75 bits per heavy atom. The lowest BCUT2D eigenvalue weighted by Gasteiger charge is -2.13. The summed E-state index contributed by atoms with van der Waals surface area (Å²) in [6.45, 7) is 7.47. The molecule has 8 heavy (non-hydrogen) atoms. The molecule has 0 bridgehead atoms. The average molecular weight is 111 g/mol. The zero-order valence-electron chi connectivity index (χ0n) is 5.40. The maximum absolute atomic E-state index is 9.81. The molecule has 0 aromatic heterocycles. The van der Waals surface area contributed by atoms with Gasteiger partial charge in [0, 0.05) is 6.42 Å². The first kappa shape index (κ1) is 7.41. The van der Waals surface area contributed by atoms with Gasteiger partial charge in [-0.15, -0.1) is 6.58 Å². The Morgan fingerprint density at radius 3 is 2.38 bits per heavy atom. The summed E-state index contributed by atoms with van der Waals surface area (Å²) >= 11 is 0. The Hall–Kier alpha value is -0.590. The molecule has 0 unspecified atom stereocenters. The summed E-state index contributed by atoms with van der Waals surface area (Å²) in [5.41, 5.74) is -0.0677. The number of hydrogen-bond acceptors (Lipinski definition) is 1. The first-order valence-electron chi connectivity index (χ1n) is 2.61. The predicted octanol–water partition coefficient (Wildman–Crippen LogP) is 1.70. The molecule has 45 valence electrons. The quantitative estimate of drug-likeness (QED) is 0.506. The van der Waals surface area contributed by atoms with Crippen molar-refractivity contribution in [2.45, 2.75) is 20.3 Å². The molecule has 0 amide bonds. The fourth-order valence-corrected chi connectivity index (χ4v) is 0.258. The lowest BCUT2D eigenvalue weighted by molar-refractivity contribution is 0.472. The molecule has 0 atom stereocenters. The number of allylic oxidation sites excluding steroid dienone is 1. The van der Waals surface area contributed by atoms with E-state index in [1.165, 1.54) is 0 Å². The van der Waals surface area contributed by atoms with E-state index in [0.29, 0.717) is 6.42 Å². The number of carbonyl (C=O) groups excluding carboxylic acids is 1. The van der Waals surface area contributed by atoms with Gasteiger partial charge < -0.3 is 0 Å². The van der Waals surface area contributed by atoms with E-state index in [9.17, 15) is 4.79 Å². The van der Waals surface area contributed by atoms with E-state index >= 15 is 0 Å². The summed E-state index contributed by atoms with van der Waals surface area (Å²) in [5.74, 6) is 0. The van der Waals surface area contributed by atoms with Crippen LogP contribution in [0.5, 0.6) is 0 Å². The van der Waals surface area contributed by atoms with Crippen LogP contribution in [0.4, 0.5) is 0 Å². The molecule has 1 nitrogen and oxygen atoms in total. The molecule has 0 rings (SSSR count). The van der Waals surface area contributed by atoms with Crippen molar-refractivity contribution < 1.29 is 4.79 Å². The molecule has 0 saturated heterocycles. The molecule has 0 aliphatic heterocycles. The van der Waals surface area contributed by atoms with Gasteiger partial charge in [-0.1, -0.05) is 19.9 Å². The molecule has 0 saturated carbocycles. The number of rotatable bonds is 3. The van der Waals surface area contributed by atoms with Crippen LogP contribution in [0, 0.1) is 5.41 Å². The molecule has 0 spiro atoms. The van der Waals surface area contributed by atoms with Crippen LogP contribution < -0.4 is 0 Å². The van der Waals surface area contributed by atoms with Gasteiger partial charge in [-0.25, -0.2) is 0 Å². The third-order valence-electron chi connectivity index (χ3n) is 1.08. The summed E-state index contributed by atoms with van der Waals surface area (Å²) < 4.78 is 0. The van der Waals surface area contributed by atoms with Crippen molar-refractivity contribution in [1.29, 1.82) is 0 Å². The summed E-state index contributed by atoms with van der Waals surface area (Å²) in [6, 6.07) is 0. The normalized spacial score (nSPS) is 10.8. The minimum absolute atomic E-state index is 0.0677. The highest BCUT2D eigenvalue weighted by atomic mass is 16.1. The zero-order chi connectivity index (χ0) is 6.62. The van der Waals surface area contributed by atoms with Gasteiger partial charge in [0.15, 0.2) is 6.29 Å². The second kappa shape index (κ2) is 2.65. The van der Waals surface area contributed by atoms with Crippen molar-refractivity contribution in [3.05, 3.63) is 12.7 Å². The topological polar surface area (TPSA) is 17.1 Å². The summed E-state index contributed by atoms with van der Waals surface area (Å²) in [4.78, 5) is 9.81. The Labute approximate surface area is 50.4 Å². The molecule has 1 heteroatoms. The van der Waals surface area contributed by atoms with E-state index in [1.807, 2.05) is 20.1 Å². The van der Waals surface area contributed by atoms with Crippen LogP contribution in [-0.4, -0.2) is 6.29 Å².